The lowest BCUT2D eigenvalue weighted by molar-refractivity contribution is -0.129. The van der Waals surface area contributed by atoms with Crippen molar-refractivity contribution in [3.63, 3.8) is 0 Å². The Bertz CT molecular complexity index is 802. The summed E-state index contributed by atoms with van der Waals surface area (Å²) in [5, 5.41) is 3.37. The van der Waals surface area contributed by atoms with E-state index in [4.69, 9.17) is 4.74 Å². The highest BCUT2D eigenvalue weighted by atomic mass is 16.5. The van der Waals surface area contributed by atoms with Gasteiger partial charge in [-0.1, -0.05) is 30.3 Å². The Morgan fingerprint density at radius 2 is 2.00 bits per heavy atom. The molecule has 1 heterocycles. The maximum Gasteiger partial charge on any atom is 0.267 e. The molecule has 4 rings (SSSR count). The Labute approximate surface area is 147 Å². The molecular formula is C20H21N3O2. The maximum absolute atomic E-state index is 12.5. The van der Waals surface area contributed by atoms with E-state index in [9.17, 15) is 4.79 Å². The summed E-state index contributed by atoms with van der Waals surface area (Å²) in [5.41, 5.74) is 3.82. The Morgan fingerprint density at radius 1 is 1.12 bits per heavy atom. The zero-order valence-corrected chi connectivity index (χ0v) is 14.1. The van der Waals surface area contributed by atoms with Gasteiger partial charge in [-0.2, -0.15) is 0 Å². The highest BCUT2D eigenvalue weighted by Crippen LogP contribution is 2.29. The van der Waals surface area contributed by atoms with E-state index in [-0.39, 0.29) is 12.5 Å². The third kappa shape index (κ3) is 3.36. The van der Waals surface area contributed by atoms with Crippen molar-refractivity contribution in [3.05, 3.63) is 59.7 Å². The van der Waals surface area contributed by atoms with Crippen molar-refractivity contribution in [2.24, 2.45) is 4.99 Å². The molecule has 0 spiro atoms. The van der Waals surface area contributed by atoms with Crippen molar-refractivity contribution in [1.82, 2.24) is 4.90 Å². The summed E-state index contributed by atoms with van der Waals surface area (Å²) in [6.45, 7) is 1.22. The van der Waals surface area contributed by atoms with E-state index in [2.05, 4.69) is 28.5 Å². The number of nitrogens with zero attached hydrogens (tertiary/aromatic N) is 2. The number of carbonyl (C=O) groups is 1. The number of ether oxygens (including phenoxy) is 1. The van der Waals surface area contributed by atoms with Crippen LogP contribution in [-0.2, 0) is 17.6 Å². The van der Waals surface area contributed by atoms with Crippen molar-refractivity contribution in [3.8, 4) is 5.75 Å². The first-order valence-corrected chi connectivity index (χ1v) is 8.72. The predicted octanol–water partition coefficient (Wildman–Crippen LogP) is 2.86. The molecule has 1 aliphatic carbocycles. The molecule has 25 heavy (non-hydrogen) atoms. The van der Waals surface area contributed by atoms with Gasteiger partial charge in [0.15, 0.2) is 6.61 Å². The smallest absolute Gasteiger partial charge is 0.267 e. The molecule has 2 aromatic rings. The van der Waals surface area contributed by atoms with Gasteiger partial charge in [-0.3, -0.25) is 14.7 Å². The number of anilines is 1. The SMILES string of the molecule is O=C(COc1ccccc1)N1CCN=C1Nc1cccc2c1CCC2. The van der Waals surface area contributed by atoms with E-state index in [1.165, 1.54) is 17.5 Å². The van der Waals surface area contributed by atoms with Gasteiger partial charge in [-0.05, 0) is 48.6 Å². The number of amides is 1. The topological polar surface area (TPSA) is 53.9 Å². The average molecular weight is 335 g/mol. The fourth-order valence-corrected chi connectivity index (χ4v) is 3.39. The normalized spacial score (nSPS) is 15.7. The lowest BCUT2D eigenvalue weighted by atomic mass is 10.1. The number of aryl methyl sites for hydroxylation is 1. The van der Waals surface area contributed by atoms with Crippen LogP contribution in [0, 0.1) is 0 Å². The van der Waals surface area contributed by atoms with Gasteiger partial charge < -0.3 is 10.1 Å². The third-order valence-corrected chi connectivity index (χ3v) is 4.64. The van der Waals surface area contributed by atoms with Crippen LogP contribution in [0.4, 0.5) is 5.69 Å². The first-order valence-electron chi connectivity index (χ1n) is 8.72. The third-order valence-electron chi connectivity index (χ3n) is 4.64. The quantitative estimate of drug-likeness (QED) is 0.935. The fourth-order valence-electron chi connectivity index (χ4n) is 3.39. The van der Waals surface area contributed by atoms with E-state index in [1.807, 2.05) is 30.3 Å². The molecule has 1 aliphatic heterocycles. The Kier molecular flexibility index (Phi) is 4.37. The van der Waals surface area contributed by atoms with E-state index < -0.39 is 0 Å². The molecule has 0 fully saturated rings. The second-order valence-corrected chi connectivity index (χ2v) is 6.27. The van der Waals surface area contributed by atoms with Crippen LogP contribution in [0.5, 0.6) is 5.75 Å². The van der Waals surface area contributed by atoms with Crippen LogP contribution in [0.1, 0.15) is 17.5 Å². The number of benzene rings is 2. The van der Waals surface area contributed by atoms with Crippen LogP contribution in [0.25, 0.3) is 0 Å². The average Bonchev–Trinajstić information content (AvgIpc) is 3.30. The minimum atomic E-state index is -0.0832. The highest BCUT2D eigenvalue weighted by Gasteiger charge is 2.25. The van der Waals surface area contributed by atoms with E-state index in [1.54, 1.807) is 4.90 Å². The molecule has 0 aromatic heterocycles. The molecule has 0 radical (unpaired) electrons. The number of rotatable bonds is 4. The molecule has 5 nitrogen and oxygen atoms in total. The fraction of sp³-hybridized carbons (Fsp3) is 0.300. The first kappa shape index (κ1) is 15.7. The van der Waals surface area contributed by atoms with Gasteiger partial charge in [0, 0.05) is 12.2 Å². The van der Waals surface area contributed by atoms with Crippen molar-refractivity contribution in [2.75, 3.05) is 25.0 Å². The van der Waals surface area contributed by atoms with Crippen LogP contribution < -0.4 is 10.1 Å². The van der Waals surface area contributed by atoms with Crippen LogP contribution >= 0.6 is 0 Å². The van der Waals surface area contributed by atoms with Gasteiger partial charge in [0.05, 0.1) is 6.54 Å². The van der Waals surface area contributed by atoms with E-state index in [0.29, 0.717) is 24.8 Å². The molecule has 0 atom stereocenters. The standard InChI is InChI=1S/C20H21N3O2/c24-19(14-25-16-8-2-1-3-9-16)23-13-12-21-20(23)22-18-11-5-7-15-6-4-10-17(15)18/h1-3,5,7-9,11H,4,6,10,12-14H2,(H,21,22). The summed E-state index contributed by atoms with van der Waals surface area (Å²) < 4.78 is 5.58. The minimum Gasteiger partial charge on any atom is -0.484 e. The molecular weight excluding hydrogens is 314 g/mol. The summed E-state index contributed by atoms with van der Waals surface area (Å²) >= 11 is 0. The molecule has 0 unspecified atom stereocenters. The molecule has 128 valence electrons. The monoisotopic (exact) mass is 335 g/mol. The molecule has 2 aliphatic rings. The summed E-state index contributed by atoms with van der Waals surface area (Å²) in [4.78, 5) is 18.7. The number of guanidine groups is 1. The van der Waals surface area contributed by atoms with Gasteiger partial charge in [0.1, 0.15) is 5.75 Å². The number of carbonyl (C=O) groups excluding carboxylic acids is 1. The van der Waals surface area contributed by atoms with Crippen LogP contribution in [-0.4, -0.2) is 36.5 Å². The Morgan fingerprint density at radius 3 is 2.88 bits per heavy atom. The molecule has 0 saturated heterocycles. The highest BCUT2D eigenvalue weighted by molar-refractivity contribution is 6.05. The molecule has 1 N–H and O–H groups in total. The van der Waals surface area contributed by atoms with Gasteiger partial charge >= 0.3 is 0 Å². The van der Waals surface area contributed by atoms with E-state index in [0.717, 1.165) is 18.5 Å². The summed E-state index contributed by atoms with van der Waals surface area (Å²) in [6.07, 6.45) is 3.40. The number of fused-ring (bicyclic) bond motifs is 1. The van der Waals surface area contributed by atoms with Crippen molar-refractivity contribution < 1.29 is 9.53 Å². The first-order chi connectivity index (χ1) is 12.3. The van der Waals surface area contributed by atoms with Crippen LogP contribution in [0.2, 0.25) is 0 Å². The lowest BCUT2D eigenvalue weighted by Gasteiger charge is -2.20. The summed E-state index contributed by atoms with van der Waals surface area (Å²) in [5.74, 6) is 1.24. The van der Waals surface area contributed by atoms with Crippen molar-refractivity contribution in [2.45, 2.75) is 19.3 Å². The van der Waals surface area contributed by atoms with Crippen molar-refractivity contribution >= 4 is 17.6 Å². The predicted molar refractivity (Wildman–Crippen MR) is 98.0 cm³/mol. The van der Waals surface area contributed by atoms with Gasteiger partial charge in [-0.25, -0.2) is 0 Å². The van der Waals surface area contributed by atoms with Crippen molar-refractivity contribution in [1.29, 1.82) is 0 Å². The second kappa shape index (κ2) is 6.97. The Hall–Kier alpha value is -2.82. The largest absolute Gasteiger partial charge is 0.484 e. The number of aliphatic imine (C=N–C) groups is 1. The number of hydrogen-bond acceptors (Lipinski definition) is 4. The van der Waals surface area contributed by atoms with Gasteiger partial charge in [0.25, 0.3) is 5.91 Å². The molecule has 0 bridgehead atoms. The number of hydrogen-bond donors (Lipinski definition) is 1. The Balaban J connectivity index is 1.42. The lowest BCUT2D eigenvalue weighted by Crippen LogP contribution is -2.41. The maximum atomic E-state index is 12.5. The molecule has 5 heteroatoms. The number of para-hydroxylation sites is 1. The van der Waals surface area contributed by atoms with E-state index >= 15 is 0 Å². The number of nitrogens with one attached hydrogen (secondary N) is 1. The summed E-state index contributed by atoms with van der Waals surface area (Å²) in [6, 6.07) is 15.7. The second-order valence-electron chi connectivity index (χ2n) is 6.27. The van der Waals surface area contributed by atoms with Crippen LogP contribution in [0.15, 0.2) is 53.5 Å². The molecule has 0 saturated carbocycles. The summed E-state index contributed by atoms with van der Waals surface area (Å²) in [7, 11) is 0. The van der Waals surface area contributed by atoms with Crippen LogP contribution in [0.3, 0.4) is 0 Å². The zero-order chi connectivity index (χ0) is 17.1. The minimum absolute atomic E-state index is 0.0115. The zero-order valence-electron chi connectivity index (χ0n) is 14.1. The van der Waals surface area contributed by atoms with Gasteiger partial charge in [-0.15, -0.1) is 0 Å². The molecule has 1 amide bonds. The molecule has 2 aromatic carbocycles. The van der Waals surface area contributed by atoms with Gasteiger partial charge in [0.2, 0.25) is 5.96 Å².